The summed E-state index contributed by atoms with van der Waals surface area (Å²) in [6.07, 6.45) is 2.39. The molecule has 0 N–H and O–H groups in total. The Bertz CT molecular complexity index is 867. The number of nitro groups is 1. The number of pyridine rings is 1. The van der Waals surface area contributed by atoms with Crippen LogP contribution < -0.4 is 9.21 Å². The predicted molar refractivity (Wildman–Crippen MR) is 90.6 cm³/mol. The third-order valence-electron chi connectivity index (χ3n) is 3.86. The Hall–Kier alpha value is -2.68. The second-order valence-corrected chi connectivity index (χ2v) is 7.42. The van der Waals surface area contributed by atoms with Crippen LogP contribution in [0.2, 0.25) is 0 Å². The number of sulfonamides is 1. The standard InChI is InChI=1S/C15H16N4O4S/c1-24(22,23)18-9-8-17(11-12-4-2-3-5-14(12)18)15-7-6-13(10-16-15)19(20)21/h2-7,10H,8-9,11H2,1H3. The first-order valence-electron chi connectivity index (χ1n) is 7.27. The van der Waals surface area contributed by atoms with E-state index in [0.717, 1.165) is 5.56 Å². The Balaban J connectivity index is 1.96. The van der Waals surface area contributed by atoms with Gasteiger partial charge in [-0.05, 0) is 17.7 Å². The van der Waals surface area contributed by atoms with Crippen LogP contribution in [0.1, 0.15) is 5.56 Å². The minimum Gasteiger partial charge on any atom is -0.350 e. The molecule has 126 valence electrons. The molecule has 2 aromatic rings. The molecule has 0 atom stereocenters. The highest BCUT2D eigenvalue weighted by Crippen LogP contribution is 2.29. The van der Waals surface area contributed by atoms with E-state index in [1.165, 1.54) is 22.8 Å². The van der Waals surface area contributed by atoms with E-state index in [1.54, 1.807) is 18.2 Å². The largest absolute Gasteiger partial charge is 0.350 e. The van der Waals surface area contributed by atoms with Gasteiger partial charge in [-0.25, -0.2) is 13.4 Å². The molecule has 3 rings (SSSR count). The summed E-state index contributed by atoms with van der Waals surface area (Å²) in [4.78, 5) is 16.3. The van der Waals surface area contributed by atoms with Gasteiger partial charge < -0.3 is 4.90 Å². The minimum atomic E-state index is -3.39. The predicted octanol–water partition coefficient (Wildman–Crippen LogP) is 1.78. The van der Waals surface area contributed by atoms with Crippen molar-refractivity contribution < 1.29 is 13.3 Å². The van der Waals surface area contributed by atoms with Gasteiger partial charge in [0.1, 0.15) is 12.0 Å². The zero-order valence-electron chi connectivity index (χ0n) is 13.0. The van der Waals surface area contributed by atoms with E-state index in [-0.39, 0.29) is 12.2 Å². The fourth-order valence-corrected chi connectivity index (χ4v) is 3.67. The van der Waals surface area contributed by atoms with Crippen molar-refractivity contribution in [2.45, 2.75) is 6.54 Å². The zero-order chi connectivity index (χ0) is 17.3. The second-order valence-electron chi connectivity index (χ2n) is 5.52. The third-order valence-corrected chi connectivity index (χ3v) is 5.04. The van der Waals surface area contributed by atoms with Crippen LogP contribution in [0.25, 0.3) is 0 Å². The number of nitrogens with zero attached hydrogens (tertiary/aromatic N) is 4. The smallest absolute Gasteiger partial charge is 0.287 e. The fourth-order valence-electron chi connectivity index (χ4n) is 2.72. The van der Waals surface area contributed by atoms with Crippen molar-refractivity contribution >= 4 is 27.2 Å². The molecule has 1 aliphatic rings. The van der Waals surface area contributed by atoms with Crippen molar-refractivity contribution in [2.24, 2.45) is 0 Å². The Labute approximate surface area is 139 Å². The van der Waals surface area contributed by atoms with Crippen molar-refractivity contribution in [3.05, 3.63) is 58.3 Å². The van der Waals surface area contributed by atoms with Crippen LogP contribution >= 0.6 is 0 Å². The molecule has 0 saturated heterocycles. The summed E-state index contributed by atoms with van der Waals surface area (Å²) in [5.41, 5.74) is 1.44. The summed E-state index contributed by atoms with van der Waals surface area (Å²) in [7, 11) is -3.39. The molecular formula is C15H16N4O4S. The molecule has 0 saturated carbocycles. The number of aromatic nitrogens is 1. The Morgan fingerprint density at radius 2 is 1.92 bits per heavy atom. The number of anilines is 2. The van der Waals surface area contributed by atoms with Crippen LogP contribution in [0.5, 0.6) is 0 Å². The molecule has 1 aliphatic heterocycles. The highest BCUT2D eigenvalue weighted by atomic mass is 32.2. The van der Waals surface area contributed by atoms with Crippen molar-refractivity contribution in [1.29, 1.82) is 0 Å². The lowest BCUT2D eigenvalue weighted by atomic mass is 10.1. The first-order chi connectivity index (χ1) is 11.4. The van der Waals surface area contributed by atoms with Crippen molar-refractivity contribution in [3.63, 3.8) is 0 Å². The van der Waals surface area contributed by atoms with Crippen LogP contribution in [0.3, 0.4) is 0 Å². The first kappa shape index (κ1) is 16.2. The van der Waals surface area contributed by atoms with Crippen LogP contribution in [0.4, 0.5) is 17.2 Å². The van der Waals surface area contributed by atoms with E-state index in [1.807, 2.05) is 17.0 Å². The minimum absolute atomic E-state index is 0.0771. The van der Waals surface area contributed by atoms with Crippen molar-refractivity contribution in [3.8, 4) is 0 Å². The Morgan fingerprint density at radius 1 is 1.17 bits per heavy atom. The Kier molecular flexibility index (Phi) is 4.10. The number of para-hydroxylation sites is 1. The second kappa shape index (κ2) is 6.08. The maximum Gasteiger partial charge on any atom is 0.287 e. The van der Waals surface area contributed by atoms with Gasteiger partial charge in [-0.15, -0.1) is 0 Å². The van der Waals surface area contributed by atoms with E-state index in [9.17, 15) is 18.5 Å². The molecule has 1 aromatic heterocycles. The number of rotatable bonds is 3. The zero-order valence-corrected chi connectivity index (χ0v) is 13.8. The molecular weight excluding hydrogens is 332 g/mol. The average molecular weight is 348 g/mol. The van der Waals surface area contributed by atoms with Crippen molar-refractivity contribution in [2.75, 3.05) is 28.6 Å². The molecule has 0 amide bonds. The SMILES string of the molecule is CS(=O)(=O)N1CCN(c2ccc([N+](=O)[O-])cn2)Cc2ccccc21. The molecule has 1 aromatic carbocycles. The van der Waals surface area contributed by atoms with Gasteiger partial charge in [0.25, 0.3) is 5.69 Å². The fraction of sp³-hybridized carbons (Fsp3) is 0.267. The molecule has 0 radical (unpaired) electrons. The molecule has 8 nitrogen and oxygen atoms in total. The highest BCUT2D eigenvalue weighted by molar-refractivity contribution is 7.92. The molecule has 0 aliphatic carbocycles. The van der Waals surface area contributed by atoms with E-state index in [0.29, 0.717) is 24.6 Å². The number of fused-ring (bicyclic) bond motifs is 1. The number of benzene rings is 1. The Morgan fingerprint density at radius 3 is 2.54 bits per heavy atom. The van der Waals surface area contributed by atoms with Crippen LogP contribution in [-0.2, 0) is 16.6 Å². The van der Waals surface area contributed by atoms with E-state index >= 15 is 0 Å². The molecule has 24 heavy (non-hydrogen) atoms. The molecule has 9 heteroatoms. The normalized spacial score (nSPS) is 14.9. The van der Waals surface area contributed by atoms with Gasteiger partial charge in [-0.1, -0.05) is 18.2 Å². The van der Waals surface area contributed by atoms with Crippen LogP contribution in [0.15, 0.2) is 42.6 Å². The number of hydrogen-bond donors (Lipinski definition) is 0. The monoisotopic (exact) mass is 348 g/mol. The van der Waals surface area contributed by atoms with Gasteiger partial charge in [-0.2, -0.15) is 0 Å². The lowest BCUT2D eigenvalue weighted by molar-refractivity contribution is -0.385. The van der Waals surface area contributed by atoms with Gasteiger partial charge >= 0.3 is 0 Å². The lowest BCUT2D eigenvalue weighted by Gasteiger charge is -2.22. The average Bonchev–Trinajstić information content (AvgIpc) is 2.74. The summed E-state index contributed by atoms with van der Waals surface area (Å²) in [5, 5.41) is 10.7. The van der Waals surface area contributed by atoms with Crippen molar-refractivity contribution in [1.82, 2.24) is 4.98 Å². The first-order valence-corrected chi connectivity index (χ1v) is 9.12. The molecule has 0 bridgehead atoms. The highest BCUT2D eigenvalue weighted by Gasteiger charge is 2.26. The molecule has 0 spiro atoms. The topological polar surface area (TPSA) is 96.7 Å². The van der Waals surface area contributed by atoms with Gasteiger partial charge in [-0.3, -0.25) is 14.4 Å². The van der Waals surface area contributed by atoms with E-state index in [2.05, 4.69) is 4.98 Å². The quantitative estimate of drug-likeness (QED) is 0.619. The summed E-state index contributed by atoms with van der Waals surface area (Å²) in [6, 6.07) is 10.3. The summed E-state index contributed by atoms with van der Waals surface area (Å²) >= 11 is 0. The van der Waals surface area contributed by atoms with E-state index in [4.69, 9.17) is 0 Å². The maximum absolute atomic E-state index is 12.1. The third kappa shape index (κ3) is 3.16. The lowest BCUT2D eigenvalue weighted by Crippen LogP contribution is -2.35. The van der Waals surface area contributed by atoms with Gasteiger partial charge in [0.15, 0.2) is 0 Å². The number of hydrogen-bond acceptors (Lipinski definition) is 6. The van der Waals surface area contributed by atoms with Crippen LogP contribution in [0, 0.1) is 10.1 Å². The summed E-state index contributed by atoms with van der Waals surface area (Å²) in [6.45, 7) is 1.20. The summed E-state index contributed by atoms with van der Waals surface area (Å²) in [5.74, 6) is 0.575. The van der Waals surface area contributed by atoms with Gasteiger partial charge in [0.05, 0.1) is 23.4 Å². The van der Waals surface area contributed by atoms with E-state index < -0.39 is 14.9 Å². The molecule has 0 fully saturated rings. The van der Waals surface area contributed by atoms with Gasteiger partial charge in [0, 0.05) is 19.2 Å². The molecule has 2 heterocycles. The summed E-state index contributed by atoms with van der Waals surface area (Å²) < 4.78 is 25.5. The molecule has 0 unspecified atom stereocenters. The van der Waals surface area contributed by atoms with Crippen LogP contribution in [-0.4, -0.2) is 37.7 Å². The maximum atomic E-state index is 12.1. The van der Waals surface area contributed by atoms with Gasteiger partial charge in [0.2, 0.25) is 10.0 Å².